The van der Waals surface area contributed by atoms with Crippen LogP contribution in [0.1, 0.15) is 30.7 Å². The largest absolute Gasteiger partial charge is 0.481 e. The van der Waals surface area contributed by atoms with Crippen LogP contribution in [0.4, 0.5) is 5.69 Å². The van der Waals surface area contributed by atoms with Crippen molar-refractivity contribution in [1.82, 2.24) is 9.55 Å². The second kappa shape index (κ2) is 5.29. The smallest absolute Gasteiger partial charge is 0.312 e. The highest BCUT2D eigenvalue weighted by Crippen LogP contribution is 2.35. The van der Waals surface area contributed by atoms with Crippen LogP contribution in [0.2, 0.25) is 0 Å². The number of rotatable bonds is 3. The van der Waals surface area contributed by atoms with Gasteiger partial charge in [-0.1, -0.05) is 12.1 Å². The molecule has 2 aromatic rings. The number of aliphatic carboxylic acids is 1. The number of benzene rings is 1. The van der Waals surface area contributed by atoms with E-state index in [1.54, 1.807) is 0 Å². The maximum atomic E-state index is 11.3. The first-order chi connectivity index (χ1) is 10.5. The number of hydrogen-bond acceptors (Lipinski definition) is 3. The average molecular weight is 299 g/mol. The molecule has 1 amide bonds. The van der Waals surface area contributed by atoms with Crippen LogP contribution < -0.4 is 5.32 Å². The molecule has 1 aromatic heterocycles. The number of carboxylic acids is 1. The van der Waals surface area contributed by atoms with Crippen LogP contribution in [-0.4, -0.2) is 26.5 Å². The normalized spacial score (nSPS) is 16.4. The van der Waals surface area contributed by atoms with Gasteiger partial charge in [0, 0.05) is 30.9 Å². The number of carboxylic acid groups (broad SMARTS) is 1. The summed E-state index contributed by atoms with van der Waals surface area (Å²) in [5, 5.41) is 12.0. The number of anilines is 1. The Morgan fingerprint density at radius 1 is 1.41 bits per heavy atom. The van der Waals surface area contributed by atoms with E-state index in [0.29, 0.717) is 17.8 Å². The molecule has 6 nitrogen and oxygen atoms in total. The topological polar surface area (TPSA) is 84.2 Å². The molecule has 0 saturated carbocycles. The molecule has 0 radical (unpaired) electrons. The molecule has 0 aliphatic heterocycles. The third-order valence-corrected chi connectivity index (χ3v) is 3.98. The summed E-state index contributed by atoms with van der Waals surface area (Å²) in [4.78, 5) is 27.0. The molecule has 0 saturated heterocycles. The van der Waals surface area contributed by atoms with E-state index in [0.717, 1.165) is 23.5 Å². The minimum absolute atomic E-state index is 0.134. The van der Waals surface area contributed by atoms with Crippen LogP contribution in [0, 0.1) is 0 Å². The lowest BCUT2D eigenvalue weighted by Gasteiger charge is -2.07. The summed E-state index contributed by atoms with van der Waals surface area (Å²) in [6.45, 7) is 1.46. The third-order valence-electron chi connectivity index (χ3n) is 3.98. The summed E-state index contributed by atoms with van der Waals surface area (Å²) in [7, 11) is 1.90. The summed E-state index contributed by atoms with van der Waals surface area (Å²) < 4.78 is 1.95. The van der Waals surface area contributed by atoms with Crippen molar-refractivity contribution in [2.75, 3.05) is 5.32 Å². The lowest BCUT2D eigenvalue weighted by molar-refractivity contribution is -0.138. The van der Waals surface area contributed by atoms with Gasteiger partial charge < -0.3 is 15.0 Å². The highest BCUT2D eigenvalue weighted by atomic mass is 16.4. The molecule has 0 bridgehead atoms. The summed E-state index contributed by atoms with van der Waals surface area (Å²) in [5.41, 5.74) is 3.19. The number of carbonyl (C=O) groups is 2. The van der Waals surface area contributed by atoms with Crippen molar-refractivity contribution in [2.45, 2.75) is 25.7 Å². The first-order valence-corrected chi connectivity index (χ1v) is 7.13. The monoisotopic (exact) mass is 299 g/mol. The first kappa shape index (κ1) is 14.3. The van der Waals surface area contributed by atoms with Gasteiger partial charge in [0.15, 0.2) is 0 Å². The van der Waals surface area contributed by atoms with Crippen LogP contribution in [-0.2, 0) is 23.1 Å². The molecule has 1 atom stereocenters. The van der Waals surface area contributed by atoms with Gasteiger partial charge in [-0.15, -0.1) is 0 Å². The van der Waals surface area contributed by atoms with Gasteiger partial charge in [-0.05, 0) is 25.0 Å². The lowest BCUT2D eigenvalue weighted by Crippen LogP contribution is -2.08. The zero-order valence-electron chi connectivity index (χ0n) is 12.5. The van der Waals surface area contributed by atoms with Crippen molar-refractivity contribution >= 4 is 17.6 Å². The Morgan fingerprint density at radius 2 is 2.18 bits per heavy atom. The van der Waals surface area contributed by atoms with E-state index in [1.165, 1.54) is 6.92 Å². The quantitative estimate of drug-likeness (QED) is 0.909. The molecule has 0 fully saturated rings. The van der Waals surface area contributed by atoms with Crippen molar-refractivity contribution in [3.63, 3.8) is 0 Å². The minimum Gasteiger partial charge on any atom is -0.481 e. The molecule has 1 aliphatic carbocycles. The van der Waals surface area contributed by atoms with Gasteiger partial charge in [-0.3, -0.25) is 9.59 Å². The number of aromatic nitrogens is 2. The highest BCUT2D eigenvalue weighted by molar-refractivity contribution is 5.89. The molecule has 6 heteroatoms. The molecule has 114 valence electrons. The molecule has 2 N–H and O–H groups in total. The summed E-state index contributed by atoms with van der Waals surface area (Å²) in [5.74, 6) is -0.752. The van der Waals surface area contributed by atoms with Crippen molar-refractivity contribution < 1.29 is 14.7 Å². The van der Waals surface area contributed by atoms with Crippen LogP contribution >= 0.6 is 0 Å². The van der Waals surface area contributed by atoms with Crippen LogP contribution in [0.15, 0.2) is 24.3 Å². The highest BCUT2D eigenvalue weighted by Gasteiger charge is 2.33. The Hall–Kier alpha value is -2.63. The van der Waals surface area contributed by atoms with Gasteiger partial charge in [0.2, 0.25) is 5.91 Å². The number of imidazole rings is 1. The number of amides is 1. The van der Waals surface area contributed by atoms with E-state index in [2.05, 4.69) is 10.3 Å². The van der Waals surface area contributed by atoms with E-state index in [4.69, 9.17) is 0 Å². The van der Waals surface area contributed by atoms with Crippen LogP contribution in [0.3, 0.4) is 0 Å². The minimum atomic E-state index is -0.824. The molecule has 3 rings (SSSR count). The second-order valence-corrected chi connectivity index (χ2v) is 5.52. The predicted molar refractivity (Wildman–Crippen MR) is 81.6 cm³/mol. The Morgan fingerprint density at radius 3 is 2.86 bits per heavy atom. The van der Waals surface area contributed by atoms with E-state index in [-0.39, 0.29) is 5.91 Å². The molecular formula is C16H17N3O3. The number of nitrogens with one attached hydrogen (secondary N) is 1. The van der Waals surface area contributed by atoms with Gasteiger partial charge in [0.1, 0.15) is 11.7 Å². The summed E-state index contributed by atoms with van der Waals surface area (Å²) in [6.07, 6.45) is 1.33. The average Bonchev–Trinajstić information content (AvgIpc) is 2.99. The fourth-order valence-electron chi connectivity index (χ4n) is 2.98. The Labute approximate surface area is 127 Å². The first-order valence-electron chi connectivity index (χ1n) is 7.13. The number of nitrogens with zero attached hydrogens (tertiary/aromatic N) is 2. The fraction of sp³-hybridized carbons (Fsp3) is 0.312. The van der Waals surface area contributed by atoms with E-state index in [9.17, 15) is 14.7 Å². The number of hydrogen-bond donors (Lipinski definition) is 2. The molecule has 1 aromatic carbocycles. The number of fused-ring (bicyclic) bond motifs is 1. The zero-order valence-corrected chi connectivity index (χ0v) is 12.5. The molecule has 1 unspecified atom stereocenters. The van der Waals surface area contributed by atoms with Crippen molar-refractivity contribution in [2.24, 2.45) is 7.05 Å². The predicted octanol–water partition coefficient (Wildman–Crippen LogP) is 2.16. The zero-order chi connectivity index (χ0) is 15.9. The second-order valence-electron chi connectivity index (χ2n) is 5.52. The number of carbonyl (C=O) groups excluding carboxylic acids is 1. The lowest BCUT2D eigenvalue weighted by atomic mass is 10.1. The van der Waals surface area contributed by atoms with Crippen LogP contribution in [0.5, 0.6) is 0 Å². The summed E-state index contributed by atoms with van der Waals surface area (Å²) in [6, 6.07) is 7.39. The van der Waals surface area contributed by atoms with Gasteiger partial charge in [-0.25, -0.2) is 4.98 Å². The van der Waals surface area contributed by atoms with E-state index in [1.807, 2.05) is 35.9 Å². The molecule has 0 spiro atoms. The molecular weight excluding hydrogens is 282 g/mol. The Balaban J connectivity index is 2.02. The maximum absolute atomic E-state index is 11.3. The maximum Gasteiger partial charge on any atom is 0.312 e. The summed E-state index contributed by atoms with van der Waals surface area (Å²) >= 11 is 0. The van der Waals surface area contributed by atoms with Gasteiger partial charge in [0.05, 0.1) is 5.69 Å². The van der Waals surface area contributed by atoms with Gasteiger partial charge in [-0.2, -0.15) is 0 Å². The van der Waals surface area contributed by atoms with Gasteiger partial charge >= 0.3 is 5.97 Å². The van der Waals surface area contributed by atoms with E-state index >= 15 is 0 Å². The molecule has 22 heavy (non-hydrogen) atoms. The van der Waals surface area contributed by atoms with E-state index < -0.39 is 11.9 Å². The molecule has 1 heterocycles. The van der Waals surface area contributed by atoms with Crippen molar-refractivity contribution in [1.29, 1.82) is 0 Å². The SMILES string of the molecule is CC(=O)Nc1cccc(-c2nc3c(n2C)CCC3C(=O)O)c1. The fourth-order valence-corrected chi connectivity index (χ4v) is 2.98. The molecule has 1 aliphatic rings. The Bertz CT molecular complexity index is 764. The third kappa shape index (κ3) is 2.36. The van der Waals surface area contributed by atoms with Crippen molar-refractivity contribution in [3.8, 4) is 11.4 Å². The van der Waals surface area contributed by atoms with Crippen molar-refractivity contribution in [3.05, 3.63) is 35.7 Å². The Kier molecular flexibility index (Phi) is 3.44. The standard InChI is InChI=1S/C16H17N3O3/c1-9(20)17-11-5-3-4-10(8-11)15-18-14-12(16(21)22)6-7-13(14)19(15)2/h3-5,8,12H,6-7H2,1-2H3,(H,17,20)(H,21,22). The van der Waals surface area contributed by atoms with Crippen LogP contribution in [0.25, 0.3) is 11.4 Å². The van der Waals surface area contributed by atoms with Gasteiger partial charge in [0.25, 0.3) is 0 Å².